The van der Waals surface area contributed by atoms with Gasteiger partial charge in [-0.1, -0.05) is 0 Å². The van der Waals surface area contributed by atoms with Crippen LogP contribution in [0.5, 0.6) is 0 Å². The third-order valence-corrected chi connectivity index (χ3v) is 4.95. The molecule has 8 heteroatoms. The van der Waals surface area contributed by atoms with Crippen molar-refractivity contribution in [1.82, 2.24) is 4.98 Å². The van der Waals surface area contributed by atoms with Crippen LogP contribution in [0.15, 0.2) is 52.5 Å². The number of rotatable bonds is 8. The molecule has 28 heavy (non-hydrogen) atoms. The molecule has 0 spiro atoms. The number of carbonyl (C=O) groups excluding carboxylic acids is 2. The summed E-state index contributed by atoms with van der Waals surface area (Å²) in [5.41, 5.74) is 2.46. The topological polar surface area (TPSA) is 87.5 Å². The Balaban J connectivity index is 1.54. The molecule has 0 radical (unpaired) electrons. The van der Waals surface area contributed by atoms with E-state index >= 15 is 0 Å². The average molecular weight is 398 g/mol. The highest BCUT2D eigenvalue weighted by Gasteiger charge is 2.13. The number of carbonyl (C=O) groups is 2. The maximum atomic E-state index is 12.3. The van der Waals surface area contributed by atoms with Gasteiger partial charge >= 0.3 is 0 Å². The summed E-state index contributed by atoms with van der Waals surface area (Å²) in [6.07, 6.45) is 1.56. The summed E-state index contributed by atoms with van der Waals surface area (Å²) in [4.78, 5) is 30.7. The predicted octanol–water partition coefficient (Wildman–Crippen LogP) is 4.02. The lowest BCUT2D eigenvalue weighted by atomic mass is 10.2. The van der Waals surface area contributed by atoms with Crippen LogP contribution in [-0.4, -0.2) is 29.9 Å². The molecule has 2 amide bonds. The molecule has 0 fully saturated rings. The Bertz CT molecular complexity index is 915. The standard InChI is InChI=1S/C20H22N4O3S/c1-3-24(4-2)16-9-7-14(8-10-16)21-18(25)12-15-13-28-20(22-15)23-19(26)17-6-5-11-27-17/h5-11,13H,3-4,12H2,1-2H3,(H,21,25)(H,22,23,26). The van der Waals surface area contributed by atoms with Crippen molar-refractivity contribution in [2.24, 2.45) is 0 Å². The van der Waals surface area contributed by atoms with Crippen LogP contribution in [0.4, 0.5) is 16.5 Å². The van der Waals surface area contributed by atoms with Crippen LogP contribution in [0, 0.1) is 0 Å². The molecular weight excluding hydrogens is 376 g/mol. The first-order valence-electron chi connectivity index (χ1n) is 9.03. The molecule has 0 aliphatic carbocycles. The summed E-state index contributed by atoms with van der Waals surface area (Å²) in [5, 5.41) is 7.70. The second-order valence-electron chi connectivity index (χ2n) is 6.02. The van der Waals surface area contributed by atoms with Crippen molar-refractivity contribution in [3.05, 3.63) is 59.5 Å². The van der Waals surface area contributed by atoms with Crippen molar-refractivity contribution < 1.29 is 14.0 Å². The maximum Gasteiger partial charge on any atom is 0.293 e. The van der Waals surface area contributed by atoms with Gasteiger partial charge in [-0.15, -0.1) is 11.3 Å². The Morgan fingerprint density at radius 3 is 2.50 bits per heavy atom. The van der Waals surface area contributed by atoms with Crippen LogP contribution >= 0.6 is 11.3 Å². The van der Waals surface area contributed by atoms with Gasteiger partial charge in [-0.2, -0.15) is 0 Å². The Labute approximate surface area is 167 Å². The quantitative estimate of drug-likeness (QED) is 0.598. The number of aromatic nitrogens is 1. The van der Waals surface area contributed by atoms with Crippen molar-refractivity contribution in [3.63, 3.8) is 0 Å². The Morgan fingerprint density at radius 2 is 1.86 bits per heavy atom. The monoisotopic (exact) mass is 398 g/mol. The lowest BCUT2D eigenvalue weighted by Gasteiger charge is -2.21. The lowest BCUT2D eigenvalue weighted by molar-refractivity contribution is -0.115. The number of amides is 2. The number of benzene rings is 1. The van der Waals surface area contributed by atoms with Gasteiger partial charge in [0.2, 0.25) is 5.91 Å². The van der Waals surface area contributed by atoms with E-state index in [1.807, 2.05) is 24.3 Å². The minimum atomic E-state index is -0.372. The van der Waals surface area contributed by atoms with E-state index in [9.17, 15) is 9.59 Å². The summed E-state index contributed by atoms with van der Waals surface area (Å²) in [6, 6.07) is 11.0. The van der Waals surface area contributed by atoms with Crippen LogP contribution in [0.25, 0.3) is 0 Å². The third-order valence-electron chi connectivity index (χ3n) is 4.14. The van der Waals surface area contributed by atoms with E-state index in [1.54, 1.807) is 17.5 Å². The molecule has 2 N–H and O–H groups in total. The number of nitrogens with one attached hydrogen (secondary N) is 2. The van der Waals surface area contributed by atoms with Gasteiger partial charge in [0.1, 0.15) is 0 Å². The molecule has 0 saturated heterocycles. The summed E-state index contributed by atoms with van der Waals surface area (Å²) in [6.45, 7) is 6.09. The second kappa shape index (κ2) is 9.18. The number of thiazole rings is 1. The summed E-state index contributed by atoms with van der Waals surface area (Å²) in [7, 11) is 0. The van der Waals surface area contributed by atoms with Crippen molar-refractivity contribution in [2.75, 3.05) is 28.6 Å². The lowest BCUT2D eigenvalue weighted by Crippen LogP contribution is -2.21. The second-order valence-corrected chi connectivity index (χ2v) is 6.88. The van der Waals surface area contributed by atoms with Gasteiger partial charge in [0.05, 0.1) is 18.4 Å². The molecule has 0 bridgehead atoms. The zero-order valence-electron chi connectivity index (χ0n) is 15.8. The van der Waals surface area contributed by atoms with Crippen LogP contribution < -0.4 is 15.5 Å². The zero-order chi connectivity index (χ0) is 19.9. The molecule has 3 rings (SSSR count). The maximum absolute atomic E-state index is 12.3. The highest BCUT2D eigenvalue weighted by Crippen LogP contribution is 2.19. The van der Waals surface area contributed by atoms with Crippen LogP contribution in [0.2, 0.25) is 0 Å². The Kier molecular flexibility index (Phi) is 6.44. The molecule has 2 heterocycles. The number of nitrogens with zero attached hydrogens (tertiary/aromatic N) is 2. The van der Waals surface area contributed by atoms with E-state index in [2.05, 4.69) is 34.4 Å². The van der Waals surface area contributed by atoms with Crippen molar-refractivity contribution in [3.8, 4) is 0 Å². The molecule has 7 nitrogen and oxygen atoms in total. The van der Waals surface area contributed by atoms with Gasteiger partial charge in [0, 0.05) is 29.8 Å². The third kappa shape index (κ3) is 4.98. The van der Waals surface area contributed by atoms with Crippen LogP contribution in [0.3, 0.4) is 0 Å². The largest absolute Gasteiger partial charge is 0.459 e. The molecule has 0 atom stereocenters. The van der Waals surface area contributed by atoms with E-state index < -0.39 is 0 Å². The fourth-order valence-corrected chi connectivity index (χ4v) is 3.43. The predicted molar refractivity (Wildman–Crippen MR) is 111 cm³/mol. The number of anilines is 3. The first-order valence-corrected chi connectivity index (χ1v) is 9.91. The normalized spacial score (nSPS) is 10.5. The molecule has 2 aromatic heterocycles. The van der Waals surface area contributed by atoms with Gasteiger partial charge in [0.25, 0.3) is 5.91 Å². The van der Waals surface area contributed by atoms with Gasteiger partial charge in [0.15, 0.2) is 10.9 Å². The smallest absolute Gasteiger partial charge is 0.293 e. The van der Waals surface area contributed by atoms with Crippen molar-refractivity contribution in [1.29, 1.82) is 0 Å². The molecule has 146 valence electrons. The van der Waals surface area contributed by atoms with Crippen LogP contribution in [-0.2, 0) is 11.2 Å². The van der Waals surface area contributed by atoms with E-state index in [4.69, 9.17) is 4.42 Å². The highest BCUT2D eigenvalue weighted by molar-refractivity contribution is 7.14. The van der Waals surface area contributed by atoms with Crippen molar-refractivity contribution in [2.45, 2.75) is 20.3 Å². The van der Waals surface area contributed by atoms with Gasteiger partial charge < -0.3 is 14.6 Å². The van der Waals surface area contributed by atoms with E-state index in [1.165, 1.54) is 17.6 Å². The van der Waals surface area contributed by atoms with E-state index in [0.29, 0.717) is 10.8 Å². The SMILES string of the molecule is CCN(CC)c1ccc(NC(=O)Cc2csc(NC(=O)c3ccco3)n2)cc1. The fourth-order valence-electron chi connectivity index (χ4n) is 2.73. The minimum absolute atomic E-state index is 0.130. The van der Waals surface area contributed by atoms with E-state index in [-0.39, 0.29) is 24.0 Å². The fraction of sp³-hybridized carbons (Fsp3) is 0.250. The van der Waals surface area contributed by atoms with Gasteiger partial charge in [-0.25, -0.2) is 4.98 Å². The molecule has 0 unspecified atom stereocenters. The molecule has 0 saturated carbocycles. The summed E-state index contributed by atoms with van der Waals surface area (Å²) < 4.78 is 5.04. The average Bonchev–Trinajstić information content (AvgIpc) is 3.36. The molecule has 0 aliphatic rings. The molecular formula is C20H22N4O3S. The molecule has 0 aliphatic heterocycles. The van der Waals surface area contributed by atoms with Gasteiger partial charge in [-0.05, 0) is 50.2 Å². The van der Waals surface area contributed by atoms with Gasteiger partial charge in [-0.3, -0.25) is 14.9 Å². The Hall–Kier alpha value is -3.13. The molecule has 3 aromatic rings. The van der Waals surface area contributed by atoms with Crippen molar-refractivity contribution >= 4 is 39.7 Å². The van der Waals surface area contributed by atoms with E-state index in [0.717, 1.165) is 24.5 Å². The number of hydrogen-bond acceptors (Lipinski definition) is 6. The zero-order valence-corrected chi connectivity index (χ0v) is 16.6. The van der Waals surface area contributed by atoms with Crippen LogP contribution in [0.1, 0.15) is 30.1 Å². The Morgan fingerprint density at radius 1 is 1.11 bits per heavy atom. The summed E-state index contributed by atoms with van der Waals surface area (Å²) >= 11 is 1.26. The number of furan rings is 1. The minimum Gasteiger partial charge on any atom is -0.459 e. The highest BCUT2D eigenvalue weighted by atomic mass is 32.1. The first-order chi connectivity index (χ1) is 13.6. The number of hydrogen-bond donors (Lipinski definition) is 2. The summed E-state index contributed by atoms with van der Waals surface area (Å²) in [5.74, 6) is -0.323. The first kappa shape index (κ1) is 19.6. The molecule has 1 aromatic carbocycles.